The highest BCUT2D eigenvalue weighted by Gasteiger charge is 2.39. The molecule has 2 fully saturated rings. The van der Waals surface area contributed by atoms with Crippen molar-refractivity contribution in [1.29, 1.82) is 0 Å². The van der Waals surface area contributed by atoms with Crippen molar-refractivity contribution in [3.05, 3.63) is 0 Å². The van der Waals surface area contributed by atoms with E-state index in [0.717, 1.165) is 32.2 Å². The van der Waals surface area contributed by atoms with Gasteiger partial charge in [-0.15, -0.1) is 11.6 Å². The lowest BCUT2D eigenvalue weighted by Crippen LogP contribution is -2.44. The SMILES string of the molecule is COC1(CC(=O)NCC2CCCC2Cl)CCC1. The Morgan fingerprint density at radius 3 is 2.65 bits per heavy atom. The summed E-state index contributed by atoms with van der Waals surface area (Å²) in [6, 6.07) is 0. The van der Waals surface area contributed by atoms with E-state index in [9.17, 15) is 4.79 Å². The topological polar surface area (TPSA) is 38.3 Å². The van der Waals surface area contributed by atoms with Gasteiger partial charge in [0, 0.05) is 19.0 Å². The molecule has 2 unspecified atom stereocenters. The number of hydrogen-bond donors (Lipinski definition) is 1. The molecule has 2 saturated carbocycles. The molecule has 4 heteroatoms. The van der Waals surface area contributed by atoms with E-state index in [0.29, 0.717) is 12.3 Å². The Hall–Kier alpha value is -0.280. The smallest absolute Gasteiger partial charge is 0.222 e. The highest BCUT2D eigenvalue weighted by Crippen LogP contribution is 2.38. The predicted molar refractivity (Wildman–Crippen MR) is 68.2 cm³/mol. The molecule has 1 amide bonds. The van der Waals surface area contributed by atoms with Crippen LogP contribution in [0.25, 0.3) is 0 Å². The van der Waals surface area contributed by atoms with E-state index in [4.69, 9.17) is 16.3 Å². The van der Waals surface area contributed by atoms with Gasteiger partial charge in [-0.2, -0.15) is 0 Å². The van der Waals surface area contributed by atoms with Crippen LogP contribution in [-0.4, -0.2) is 30.5 Å². The molecule has 0 spiro atoms. The van der Waals surface area contributed by atoms with Crippen LogP contribution in [0.3, 0.4) is 0 Å². The van der Waals surface area contributed by atoms with Gasteiger partial charge in [0.15, 0.2) is 0 Å². The lowest BCUT2D eigenvalue weighted by atomic mass is 9.77. The minimum atomic E-state index is -0.167. The number of amides is 1. The molecule has 0 saturated heterocycles. The maximum atomic E-state index is 11.8. The van der Waals surface area contributed by atoms with Gasteiger partial charge in [0.05, 0.1) is 12.0 Å². The molecule has 2 rings (SSSR count). The van der Waals surface area contributed by atoms with Crippen LogP contribution in [0.1, 0.15) is 44.9 Å². The summed E-state index contributed by atoms with van der Waals surface area (Å²) >= 11 is 6.18. The zero-order chi connectivity index (χ0) is 12.3. The van der Waals surface area contributed by atoms with Crippen molar-refractivity contribution in [3.8, 4) is 0 Å². The quantitative estimate of drug-likeness (QED) is 0.771. The van der Waals surface area contributed by atoms with Crippen molar-refractivity contribution in [2.45, 2.75) is 55.9 Å². The van der Waals surface area contributed by atoms with Gasteiger partial charge in [-0.05, 0) is 38.0 Å². The number of halogens is 1. The molecule has 0 aromatic rings. The van der Waals surface area contributed by atoms with Gasteiger partial charge in [0.25, 0.3) is 0 Å². The lowest BCUT2D eigenvalue weighted by molar-refractivity contribution is -0.134. The first kappa shape index (κ1) is 13.2. The van der Waals surface area contributed by atoms with Crippen molar-refractivity contribution in [2.24, 2.45) is 5.92 Å². The number of rotatable bonds is 5. The van der Waals surface area contributed by atoms with E-state index < -0.39 is 0 Å². The van der Waals surface area contributed by atoms with Crippen LogP contribution in [0.4, 0.5) is 0 Å². The molecule has 0 bridgehead atoms. The van der Waals surface area contributed by atoms with Crippen molar-refractivity contribution >= 4 is 17.5 Å². The van der Waals surface area contributed by atoms with Crippen molar-refractivity contribution in [1.82, 2.24) is 5.32 Å². The standard InChI is InChI=1S/C13H22ClNO2/c1-17-13(6-3-7-13)8-12(16)15-9-10-4-2-5-11(10)14/h10-11H,2-9H2,1H3,(H,15,16). The molecule has 0 heterocycles. The number of carbonyl (C=O) groups is 1. The molecule has 3 nitrogen and oxygen atoms in total. The van der Waals surface area contributed by atoms with Gasteiger partial charge in [-0.1, -0.05) is 6.42 Å². The number of alkyl halides is 1. The van der Waals surface area contributed by atoms with E-state index in [2.05, 4.69) is 5.32 Å². The van der Waals surface area contributed by atoms with Gasteiger partial charge in [-0.3, -0.25) is 4.79 Å². The molecule has 0 aliphatic heterocycles. The Balaban J connectivity index is 1.70. The molecule has 2 aliphatic rings. The van der Waals surface area contributed by atoms with Gasteiger partial charge in [0.1, 0.15) is 0 Å². The molecule has 0 aromatic carbocycles. The zero-order valence-electron chi connectivity index (χ0n) is 10.5. The molecule has 0 aromatic heterocycles. The molecular formula is C13H22ClNO2. The van der Waals surface area contributed by atoms with Crippen LogP contribution in [0, 0.1) is 5.92 Å². The zero-order valence-corrected chi connectivity index (χ0v) is 11.3. The summed E-state index contributed by atoms with van der Waals surface area (Å²) in [4.78, 5) is 11.8. The van der Waals surface area contributed by atoms with E-state index in [1.54, 1.807) is 7.11 Å². The molecule has 2 atom stereocenters. The highest BCUT2D eigenvalue weighted by molar-refractivity contribution is 6.20. The molecule has 2 aliphatic carbocycles. The van der Waals surface area contributed by atoms with Gasteiger partial charge in [-0.25, -0.2) is 0 Å². The Bertz CT molecular complexity index is 273. The molecule has 98 valence electrons. The lowest BCUT2D eigenvalue weighted by Gasteiger charge is -2.40. The first-order valence-electron chi connectivity index (χ1n) is 6.61. The van der Waals surface area contributed by atoms with Crippen molar-refractivity contribution in [2.75, 3.05) is 13.7 Å². The Kier molecular flexibility index (Phi) is 4.31. The second kappa shape index (κ2) is 5.57. The summed E-state index contributed by atoms with van der Waals surface area (Å²) in [5.74, 6) is 0.572. The minimum absolute atomic E-state index is 0.113. The maximum absolute atomic E-state index is 11.8. The second-order valence-corrected chi connectivity index (χ2v) is 5.99. The van der Waals surface area contributed by atoms with E-state index >= 15 is 0 Å². The average molecular weight is 260 g/mol. The third-order valence-corrected chi connectivity index (χ3v) is 4.88. The fourth-order valence-electron chi connectivity index (χ4n) is 2.85. The predicted octanol–water partition coefficient (Wildman–Crippen LogP) is 2.47. The third kappa shape index (κ3) is 3.14. The summed E-state index contributed by atoms with van der Waals surface area (Å²) in [5, 5.41) is 3.26. The van der Waals surface area contributed by atoms with Crippen LogP contribution < -0.4 is 5.32 Å². The molecule has 17 heavy (non-hydrogen) atoms. The largest absolute Gasteiger partial charge is 0.378 e. The molecule has 1 N–H and O–H groups in total. The number of carbonyl (C=O) groups excluding carboxylic acids is 1. The highest BCUT2D eigenvalue weighted by atomic mass is 35.5. The number of ether oxygens (including phenoxy) is 1. The maximum Gasteiger partial charge on any atom is 0.222 e. The van der Waals surface area contributed by atoms with Crippen molar-refractivity contribution in [3.63, 3.8) is 0 Å². The summed E-state index contributed by atoms with van der Waals surface area (Å²) in [6.45, 7) is 0.729. The normalized spacial score (nSPS) is 30.9. The second-order valence-electron chi connectivity index (χ2n) is 5.43. The summed E-state index contributed by atoms with van der Waals surface area (Å²) in [6.07, 6.45) is 7.12. The van der Waals surface area contributed by atoms with Gasteiger partial charge in [0.2, 0.25) is 5.91 Å². The van der Waals surface area contributed by atoms with Crippen LogP contribution in [-0.2, 0) is 9.53 Å². The van der Waals surface area contributed by atoms with Gasteiger partial charge < -0.3 is 10.1 Å². The van der Waals surface area contributed by atoms with E-state index in [1.807, 2.05) is 0 Å². The molecule has 0 radical (unpaired) electrons. The van der Waals surface area contributed by atoms with Crippen LogP contribution in [0.2, 0.25) is 0 Å². The van der Waals surface area contributed by atoms with Crippen LogP contribution >= 0.6 is 11.6 Å². The Labute approximate surface area is 108 Å². The van der Waals surface area contributed by atoms with Crippen LogP contribution in [0.5, 0.6) is 0 Å². The first-order valence-corrected chi connectivity index (χ1v) is 7.05. The molecular weight excluding hydrogens is 238 g/mol. The summed E-state index contributed by atoms with van der Waals surface area (Å²) in [5.41, 5.74) is -0.167. The van der Waals surface area contributed by atoms with Crippen LogP contribution in [0.15, 0.2) is 0 Å². The number of nitrogens with one attached hydrogen (secondary N) is 1. The number of methoxy groups -OCH3 is 1. The number of hydrogen-bond acceptors (Lipinski definition) is 2. The van der Waals surface area contributed by atoms with E-state index in [1.165, 1.54) is 12.8 Å². The minimum Gasteiger partial charge on any atom is -0.378 e. The first-order chi connectivity index (χ1) is 8.15. The Morgan fingerprint density at radius 1 is 1.41 bits per heavy atom. The summed E-state index contributed by atoms with van der Waals surface area (Å²) in [7, 11) is 1.71. The average Bonchev–Trinajstić information content (AvgIpc) is 2.67. The fourth-order valence-corrected chi connectivity index (χ4v) is 3.22. The summed E-state index contributed by atoms with van der Waals surface area (Å²) < 4.78 is 5.45. The monoisotopic (exact) mass is 259 g/mol. The van der Waals surface area contributed by atoms with Gasteiger partial charge >= 0.3 is 0 Å². The third-order valence-electron chi connectivity index (χ3n) is 4.31. The van der Waals surface area contributed by atoms with Crippen molar-refractivity contribution < 1.29 is 9.53 Å². The Morgan fingerprint density at radius 2 is 2.18 bits per heavy atom. The fraction of sp³-hybridized carbons (Fsp3) is 0.923. The van der Waals surface area contributed by atoms with E-state index in [-0.39, 0.29) is 16.9 Å².